The summed E-state index contributed by atoms with van der Waals surface area (Å²) in [5, 5.41) is 20.2. The molecule has 1 aromatic carbocycles. The van der Waals surface area contributed by atoms with Gasteiger partial charge in [0.2, 0.25) is 0 Å². The van der Waals surface area contributed by atoms with Gasteiger partial charge in [-0.2, -0.15) is 5.26 Å². The molecule has 2 atom stereocenters. The summed E-state index contributed by atoms with van der Waals surface area (Å²) in [6.45, 7) is 3.16. The molecule has 2 unspecified atom stereocenters. The van der Waals surface area contributed by atoms with Gasteiger partial charge in [0.25, 0.3) is 5.91 Å². The van der Waals surface area contributed by atoms with Crippen LogP contribution in [0.4, 0.5) is 0 Å². The van der Waals surface area contributed by atoms with Gasteiger partial charge >= 0.3 is 5.97 Å². The van der Waals surface area contributed by atoms with Crippen LogP contribution in [0.15, 0.2) is 24.3 Å². The summed E-state index contributed by atoms with van der Waals surface area (Å²) in [7, 11) is 0. The lowest BCUT2D eigenvalue weighted by Gasteiger charge is -2.18. The Bertz CT molecular complexity index is 536. The fraction of sp³-hybridized carbons (Fsp3) is 0.357. The van der Waals surface area contributed by atoms with Crippen LogP contribution in [0, 0.1) is 11.3 Å². The normalized spacial score (nSPS) is 12.8. The monoisotopic (exact) mass is 276 g/mol. The maximum absolute atomic E-state index is 11.8. The third-order valence-corrected chi connectivity index (χ3v) is 2.70. The van der Waals surface area contributed by atoms with Crippen molar-refractivity contribution >= 4 is 11.9 Å². The molecule has 0 fully saturated rings. The zero-order chi connectivity index (χ0) is 15.1. The molecule has 0 radical (unpaired) electrons. The molecule has 0 saturated carbocycles. The molecule has 1 aromatic rings. The number of carboxylic acids is 1. The van der Waals surface area contributed by atoms with E-state index in [0.29, 0.717) is 11.3 Å². The predicted molar refractivity (Wildman–Crippen MR) is 71.1 cm³/mol. The molecule has 20 heavy (non-hydrogen) atoms. The van der Waals surface area contributed by atoms with E-state index in [4.69, 9.17) is 15.1 Å². The molecule has 0 aromatic heterocycles. The van der Waals surface area contributed by atoms with E-state index in [2.05, 4.69) is 5.32 Å². The van der Waals surface area contributed by atoms with E-state index in [1.807, 2.05) is 6.07 Å². The molecule has 106 valence electrons. The summed E-state index contributed by atoms with van der Waals surface area (Å²) >= 11 is 0. The standard InChI is InChI=1S/C14H16N2O4/c1-3-11(14(18)19)16-13(17)9(2)20-12-7-5-4-6-10(12)8-15/h4-7,9,11H,3H2,1-2H3,(H,16,17)(H,18,19). The van der Waals surface area contributed by atoms with Crippen LogP contribution in [-0.4, -0.2) is 29.1 Å². The summed E-state index contributed by atoms with van der Waals surface area (Å²) < 4.78 is 5.40. The molecule has 0 saturated heterocycles. The number of carbonyl (C=O) groups is 2. The van der Waals surface area contributed by atoms with Gasteiger partial charge in [0.15, 0.2) is 6.10 Å². The van der Waals surface area contributed by atoms with Gasteiger partial charge < -0.3 is 15.2 Å². The number of hydrogen-bond acceptors (Lipinski definition) is 4. The summed E-state index contributed by atoms with van der Waals surface area (Å²) in [6.07, 6.45) is -0.611. The van der Waals surface area contributed by atoms with Crippen LogP contribution in [0.25, 0.3) is 0 Å². The number of carbonyl (C=O) groups excluding carboxylic acids is 1. The Hall–Kier alpha value is -2.55. The number of amides is 1. The van der Waals surface area contributed by atoms with Gasteiger partial charge in [-0.15, -0.1) is 0 Å². The first-order valence-electron chi connectivity index (χ1n) is 6.18. The molecule has 0 aliphatic rings. The molecule has 0 spiro atoms. The number of para-hydroxylation sites is 1. The van der Waals surface area contributed by atoms with E-state index in [0.717, 1.165) is 0 Å². The summed E-state index contributed by atoms with van der Waals surface area (Å²) in [4.78, 5) is 22.7. The minimum Gasteiger partial charge on any atom is -0.480 e. The van der Waals surface area contributed by atoms with Gasteiger partial charge in [-0.1, -0.05) is 19.1 Å². The van der Waals surface area contributed by atoms with Crippen molar-refractivity contribution in [2.45, 2.75) is 32.4 Å². The topological polar surface area (TPSA) is 99.4 Å². The molecular weight excluding hydrogens is 260 g/mol. The second-order valence-electron chi connectivity index (χ2n) is 4.18. The van der Waals surface area contributed by atoms with Crippen LogP contribution in [0.1, 0.15) is 25.8 Å². The number of hydrogen-bond donors (Lipinski definition) is 2. The van der Waals surface area contributed by atoms with Crippen LogP contribution in [0.2, 0.25) is 0 Å². The molecule has 6 heteroatoms. The Labute approximate surface area is 117 Å². The largest absolute Gasteiger partial charge is 0.480 e. The SMILES string of the molecule is CCC(NC(=O)C(C)Oc1ccccc1C#N)C(=O)O. The number of benzene rings is 1. The summed E-state index contributed by atoms with van der Waals surface area (Å²) in [5.41, 5.74) is 0.317. The molecule has 0 heterocycles. The highest BCUT2D eigenvalue weighted by Crippen LogP contribution is 2.18. The van der Waals surface area contributed by atoms with E-state index in [1.54, 1.807) is 31.2 Å². The first-order chi connectivity index (χ1) is 9.49. The van der Waals surface area contributed by atoms with Crippen LogP contribution < -0.4 is 10.1 Å². The minimum atomic E-state index is -1.09. The van der Waals surface area contributed by atoms with Crippen molar-refractivity contribution in [1.82, 2.24) is 5.32 Å². The second kappa shape index (κ2) is 7.14. The van der Waals surface area contributed by atoms with Gasteiger partial charge in [-0.05, 0) is 25.5 Å². The van der Waals surface area contributed by atoms with Crippen LogP contribution in [0.3, 0.4) is 0 Å². The third kappa shape index (κ3) is 3.99. The van der Waals surface area contributed by atoms with E-state index < -0.39 is 24.0 Å². The number of ether oxygens (including phenoxy) is 1. The van der Waals surface area contributed by atoms with Crippen molar-refractivity contribution in [3.05, 3.63) is 29.8 Å². The van der Waals surface area contributed by atoms with Crippen molar-refractivity contribution in [2.75, 3.05) is 0 Å². The smallest absolute Gasteiger partial charge is 0.326 e. The molecule has 0 aliphatic carbocycles. The zero-order valence-electron chi connectivity index (χ0n) is 11.3. The van der Waals surface area contributed by atoms with Gasteiger partial charge in [-0.3, -0.25) is 4.79 Å². The van der Waals surface area contributed by atoms with E-state index in [-0.39, 0.29) is 6.42 Å². The molecule has 1 rings (SSSR count). The Morgan fingerprint density at radius 2 is 2.10 bits per heavy atom. The second-order valence-corrected chi connectivity index (χ2v) is 4.18. The first kappa shape index (κ1) is 15.5. The molecule has 0 bridgehead atoms. The molecule has 1 amide bonds. The average molecular weight is 276 g/mol. The van der Waals surface area contributed by atoms with Crippen molar-refractivity contribution in [3.8, 4) is 11.8 Å². The molecule has 0 aliphatic heterocycles. The van der Waals surface area contributed by atoms with Crippen LogP contribution in [-0.2, 0) is 9.59 Å². The van der Waals surface area contributed by atoms with Gasteiger partial charge in [0.05, 0.1) is 5.56 Å². The highest BCUT2D eigenvalue weighted by atomic mass is 16.5. The number of rotatable bonds is 6. The molecule has 6 nitrogen and oxygen atoms in total. The third-order valence-electron chi connectivity index (χ3n) is 2.70. The Morgan fingerprint density at radius 3 is 2.65 bits per heavy atom. The first-order valence-corrected chi connectivity index (χ1v) is 6.18. The highest BCUT2D eigenvalue weighted by Gasteiger charge is 2.22. The molecule has 2 N–H and O–H groups in total. The average Bonchev–Trinajstić information content (AvgIpc) is 2.44. The van der Waals surface area contributed by atoms with Crippen molar-refractivity contribution < 1.29 is 19.4 Å². The number of carboxylic acid groups (broad SMARTS) is 1. The zero-order valence-corrected chi connectivity index (χ0v) is 11.3. The Morgan fingerprint density at radius 1 is 1.45 bits per heavy atom. The fourth-order valence-corrected chi connectivity index (χ4v) is 1.53. The van der Waals surface area contributed by atoms with Gasteiger partial charge in [0.1, 0.15) is 17.9 Å². The maximum atomic E-state index is 11.8. The van der Waals surface area contributed by atoms with Crippen LogP contribution in [0.5, 0.6) is 5.75 Å². The van der Waals surface area contributed by atoms with Gasteiger partial charge in [-0.25, -0.2) is 4.79 Å². The Balaban J connectivity index is 2.71. The molecular formula is C14H16N2O4. The Kier molecular flexibility index (Phi) is 5.54. The summed E-state index contributed by atoms with van der Waals surface area (Å²) in [6, 6.07) is 7.55. The quantitative estimate of drug-likeness (QED) is 0.816. The fourth-order valence-electron chi connectivity index (χ4n) is 1.53. The van der Waals surface area contributed by atoms with E-state index in [9.17, 15) is 9.59 Å². The van der Waals surface area contributed by atoms with Crippen molar-refractivity contribution in [2.24, 2.45) is 0 Å². The maximum Gasteiger partial charge on any atom is 0.326 e. The number of aliphatic carboxylic acids is 1. The lowest BCUT2D eigenvalue weighted by Crippen LogP contribution is -2.45. The van der Waals surface area contributed by atoms with Crippen molar-refractivity contribution in [1.29, 1.82) is 5.26 Å². The number of nitrogens with zero attached hydrogens (tertiary/aromatic N) is 1. The summed E-state index contributed by atoms with van der Waals surface area (Å²) in [5.74, 6) is -1.33. The van der Waals surface area contributed by atoms with Crippen LogP contribution >= 0.6 is 0 Å². The van der Waals surface area contributed by atoms with Gasteiger partial charge in [0, 0.05) is 0 Å². The minimum absolute atomic E-state index is 0.280. The van der Waals surface area contributed by atoms with Crippen molar-refractivity contribution in [3.63, 3.8) is 0 Å². The number of nitriles is 1. The van der Waals surface area contributed by atoms with E-state index in [1.165, 1.54) is 6.92 Å². The number of nitrogens with one attached hydrogen (secondary N) is 1. The van der Waals surface area contributed by atoms with E-state index >= 15 is 0 Å². The lowest BCUT2D eigenvalue weighted by molar-refractivity contribution is -0.143. The lowest BCUT2D eigenvalue weighted by atomic mass is 10.2. The predicted octanol–water partition coefficient (Wildman–Crippen LogP) is 1.30. The highest BCUT2D eigenvalue weighted by molar-refractivity contribution is 5.86.